The summed E-state index contributed by atoms with van der Waals surface area (Å²) in [7, 11) is 0.879. The van der Waals surface area contributed by atoms with Crippen LogP contribution < -0.4 is 5.32 Å². The highest BCUT2D eigenvalue weighted by atomic mass is 79.9. The molecule has 1 N–H and O–H groups in total. The first-order valence-corrected chi connectivity index (χ1v) is 9.07. The van der Waals surface area contributed by atoms with Crippen LogP contribution in [0, 0.1) is 5.82 Å². The van der Waals surface area contributed by atoms with Crippen molar-refractivity contribution in [1.82, 2.24) is 5.32 Å². The van der Waals surface area contributed by atoms with Crippen LogP contribution in [-0.4, -0.2) is 33.1 Å². The highest BCUT2D eigenvalue weighted by Gasteiger charge is 2.32. The highest BCUT2D eigenvalue weighted by Crippen LogP contribution is 2.27. The molecule has 1 heterocycles. The first-order chi connectivity index (χ1) is 9.62. The second kappa shape index (κ2) is 5.83. The number of carbonyl (C=O) groups excluding carboxylic acids is 1. The van der Waals surface area contributed by atoms with Crippen molar-refractivity contribution in [2.45, 2.75) is 23.8 Å². The van der Waals surface area contributed by atoms with Gasteiger partial charge in [0.2, 0.25) is 0 Å². The maximum absolute atomic E-state index is 13.6. The third kappa shape index (κ3) is 3.74. The normalized spacial score (nSPS) is 22.3. The molecule has 5 nitrogen and oxygen atoms in total. The Labute approximate surface area is 134 Å². The molecule has 1 aromatic rings. The maximum Gasteiger partial charge on any atom is 0.264 e. The van der Waals surface area contributed by atoms with Gasteiger partial charge in [-0.25, -0.2) is 12.8 Å². The van der Waals surface area contributed by atoms with Gasteiger partial charge in [-0.1, -0.05) is 0 Å². The Morgan fingerprint density at radius 2 is 2.19 bits per heavy atom. The van der Waals surface area contributed by atoms with Crippen LogP contribution in [0.2, 0.25) is 0 Å². The van der Waals surface area contributed by atoms with Crippen LogP contribution in [0.25, 0.3) is 0 Å². The zero-order valence-electron chi connectivity index (χ0n) is 11.0. The van der Waals surface area contributed by atoms with E-state index in [9.17, 15) is 17.6 Å². The average Bonchev–Trinajstić information content (AvgIpc) is 2.73. The Morgan fingerprint density at radius 1 is 1.52 bits per heavy atom. The van der Waals surface area contributed by atoms with Gasteiger partial charge in [0.1, 0.15) is 10.7 Å². The SMILES string of the molecule is CC1(NC(=O)c2cc(S(=O)(=O)Cl)c(F)cc2Br)CCOC1. The van der Waals surface area contributed by atoms with E-state index in [0.717, 1.165) is 12.1 Å². The van der Waals surface area contributed by atoms with Crippen LogP contribution in [-0.2, 0) is 13.8 Å². The van der Waals surface area contributed by atoms with Crippen molar-refractivity contribution in [3.05, 3.63) is 28.0 Å². The molecule has 0 aliphatic carbocycles. The summed E-state index contributed by atoms with van der Waals surface area (Å²) in [5, 5.41) is 2.76. The average molecular weight is 401 g/mol. The molecular weight excluding hydrogens is 389 g/mol. The zero-order chi connectivity index (χ0) is 15.8. The molecule has 1 fully saturated rings. The van der Waals surface area contributed by atoms with Crippen LogP contribution in [0.4, 0.5) is 4.39 Å². The molecule has 1 aliphatic rings. The second-order valence-corrected chi connectivity index (χ2v) is 8.41. The van der Waals surface area contributed by atoms with Gasteiger partial charge < -0.3 is 10.1 Å². The van der Waals surface area contributed by atoms with Gasteiger partial charge in [0.05, 0.1) is 17.7 Å². The molecule has 9 heteroatoms. The molecule has 0 radical (unpaired) electrons. The van der Waals surface area contributed by atoms with Crippen LogP contribution >= 0.6 is 26.6 Å². The van der Waals surface area contributed by atoms with E-state index in [2.05, 4.69) is 21.2 Å². The first-order valence-electron chi connectivity index (χ1n) is 5.96. The monoisotopic (exact) mass is 399 g/mol. The van der Waals surface area contributed by atoms with E-state index in [1.54, 1.807) is 0 Å². The smallest absolute Gasteiger partial charge is 0.264 e. The van der Waals surface area contributed by atoms with Gasteiger partial charge in [-0.2, -0.15) is 0 Å². The summed E-state index contributed by atoms with van der Waals surface area (Å²) in [4.78, 5) is 11.5. The van der Waals surface area contributed by atoms with Gasteiger partial charge in [0.25, 0.3) is 15.0 Å². The first kappa shape index (κ1) is 16.7. The number of benzene rings is 1. The number of amides is 1. The second-order valence-electron chi connectivity index (χ2n) is 5.02. The fraction of sp³-hybridized carbons (Fsp3) is 0.417. The molecule has 0 spiro atoms. The standard InChI is InChI=1S/C12H12BrClFNO4S/c1-12(2-3-20-6-12)16-11(17)7-4-10(21(14,18)19)9(15)5-8(7)13/h4-5H,2-3,6H2,1H3,(H,16,17). The van der Waals surface area contributed by atoms with Crippen molar-refractivity contribution >= 4 is 41.6 Å². The van der Waals surface area contributed by atoms with Gasteiger partial charge in [-0.15, -0.1) is 0 Å². The van der Waals surface area contributed by atoms with Crippen LogP contribution in [0.1, 0.15) is 23.7 Å². The van der Waals surface area contributed by atoms with Crippen molar-refractivity contribution in [3.63, 3.8) is 0 Å². The molecule has 116 valence electrons. The van der Waals surface area contributed by atoms with E-state index in [1.807, 2.05) is 6.92 Å². The molecule has 1 aliphatic heterocycles. The molecule has 2 rings (SSSR count). The Bertz CT molecular complexity index is 689. The van der Waals surface area contributed by atoms with Crippen molar-refractivity contribution in [2.24, 2.45) is 0 Å². The van der Waals surface area contributed by atoms with Gasteiger partial charge >= 0.3 is 0 Å². The zero-order valence-corrected chi connectivity index (χ0v) is 14.1. The lowest BCUT2D eigenvalue weighted by atomic mass is 10.0. The summed E-state index contributed by atoms with van der Waals surface area (Å²) >= 11 is 3.05. The molecule has 21 heavy (non-hydrogen) atoms. The van der Waals surface area contributed by atoms with E-state index >= 15 is 0 Å². The van der Waals surface area contributed by atoms with E-state index in [1.165, 1.54) is 0 Å². The molecular formula is C12H12BrClFNO4S. The Hall–Kier alpha value is -0.700. The summed E-state index contributed by atoms with van der Waals surface area (Å²) in [6.07, 6.45) is 0.637. The molecule has 0 saturated carbocycles. The Morgan fingerprint density at radius 3 is 2.71 bits per heavy atom. The van der Waals surface area contributed by atoms with Gasteiger partial charge in [-0.05, 0) is 41.4 Å². The quantitative estimate of drug-likeness (QED) is 0.791. The number of carbonyl (C=O) groups is 1. The maximum atomic E-state index is 13.6. The number of nitrogens with one attached hydrogen (secondary N) is 1. The summed E-state index contributed by atoms with van der Waals surface area (Å²) < 4.78 is 41.6. The van der Waals surface area contributed by atoms with Crippen LogP contribution in [0.5, 0.6) is 0 Å². The highest BCUT2D eigenvalue weighted by molar-refractivity contribution is 9.10. The Balaban J connectivity index is 2.37. The lowest BCUT2D eigenvalue weighted by molar-refractivity contribution is 0.0888. The number of hydrogen-bond acceptors (Lipinski definition) is 4. The van der Waals surface area contributed by atoms with Crippen molar-refractivity contribution in [1.29, 1.82) is 0 Å². The van der Waals surface area contributed by atoms with Crippen molar-refractivity contribution in [2.75, 3.05) is 13.2 Å². The fourth-order valence-corrected chi connectivity index (χ4v) is 3.40. The van der Waals surface area contributed by atoms with Gasteiger partial charge in [0, 0.05) is 21.8 Å². The summed E-state index contributed by atoms with van der Waals surface area (Å²) in [6.45, 7) is 2.70. The Kier molecular flexibility index (Phi) is 4.63. The van der Waals surface area contributed by atoms with Gasteiger partial charge in [-0.3, -0.25) is 4.79 Å². The minimum Gasteiger partial charge on any atom is -0.379 e. The predicted octanol–water partition coefficient (Wildman–Crippen LogP) is 2.42. The molecule has 1 amide bonds. The van der Waals surface area contributed by atoms with Gasteiger partial charge in [0.15, 0.2) is 0 Å². The predicted molar refractivity (Wildman–Crippen MR) is 78.4 cm³/mol. The topological polar surface area (TPSA) is 72.5 Å². The van der Waals surface area contributed by atoms with Crippen LogP contribution in [0.15, 0.2) is 21.5 Å². The van der Waals surface area contributed by atoms with Crippen molar-refractivity contribution < 1.29 is 22.3 Å². The number of hydrogen-bond donors (Lipinski definition) is 1. The van der Waals surface area contributed by atoms with E-state index in [4.69, 9.17) is 15.4 Å². The van der Waals surface area contributed by atoms with E-state index in [-0.39, 0.29) is 10.0 Å². The van der Waals surface area contributed by atoms with E-state index < -0.39 is 31.2 Å². The lowest BCUT2D eigenvalue weighted by Gasteiger charge is -2.24. The number of rotatable bonds is 3. The number of halogens is 3. The number of ether oxygens (including phenoxy) is 1. The largest absolute Gasteiger partial charge is 0.379 e. The third-order valence-electron chi connectivity index (χ3n) is 3.16. The molecule has 0 aromatic heterocycles. The van der Waals surface area contributed by atoms with Crippen molar-refractivity contribution in [3.8, 4) is 0 Å². The van der Waals surface area contributed by atoms with Crippen LogP contribution in [0.3, 0.4) is 0 Å². The molecule has 0 bridgehead atoms. The fourth-order valence-electron chi connectivity index (χ4n) is 2.00. The molecule has 1 saturated heterocycles. The molecule has 1 unspecified atom stereocenters. The summed E-state index contributed by atoms with van der Waals surface area (Å²) in [5.74, 6) is -1.56. The summed E-state index contributed by atoms with van der Waals surface area (Å²) in [6, 6.07) is 1.81. The van der Waals surface area contributed by atoms with E-state index in [0.29, 0.717) is 19.6 Å². The molecule has 1 atom stereocenters. The lowest BCUT2D eigenvalue weighted by Crippen LogP contribution is -2.46. The molecule has 1 aromatic carbocycles. The summed E-state index contributed by atoms with van der Waals surface area (Å²) in [5.41, 5.74) is -0.547. The third-order valence-corrected chi connectivity index (χ3v) is 5.16. The minimum absolute atomic E-state index is 0.0104. The minimum atomic E-state index is -4.28.